The molecule has 4 N–H and O–H groups in total. The Morgan fingerprint density at radius 3 is 2.57 bits per heavy atom. The van der Waals surface area contributed by atoms with E-state index in [0.29, 0.717) is 18.4 Å². The van der Waals surface area contributed by atoms with Gasteiger partial charge in [-0.1, -0.05) is 32.6 Å². The van der Waals surface area contributed by atoms with Crippen LogP contribution in [0.1, 0.15) is 82.8 Å². The van der Waals surface area contributed by atoms with E-state index in [9.17, 15) is 4.79 Å². The summed E-state index contributed by atoms with van der Waals surface area (Å²) in [5.41, 5.74) is 9.60. The van der Waals surface area contributed by atoms with Crippen LogP contribution in [-0.2, 0) is 13.0 Å². The number of fused-ring (bicyclic) bond motifs is 1. The number of carbonyl (C=O) groups is 1. The number of rotatable bonds is 7. The first-order chi connectivity index (χ1) is 14.2. The molecule has 2 amide bonds. The molecule has 0 aromatic carbocycles. The van der Waals surface area contributed by atoms with Crippen molar-refractivity contribution in [2.75, 3.05) is 5.73 Å². The van der Waals surface area contributed by atoms with Crippen LogP contribution in [0.2, 0.25) is 0 Å². The summed E-state index contributed by atoms with van der Waals surface area (Å²) in [4.78, 5) is 22.0. The summed E-state index contributed by atoms with van der Waals surface area (Å²) in [5.74, 6) is 1.49. The molecule has 30 heavy (non-hydrogen) atoms. The van der Waals surface area contributed by atoms with Crippen molar-refractivity contribution in [3.8, 4) is 0 Å². The standard InChI is InChI=1S/C23H38N6O/c1-6-7-13-18-27-19-20(15(2)16(3)25-21(19)24)29(18)14-23(4,5)28-22(30)26-17-11-9-8-10-12-17/h17H,6-14H2,1-5H3,(H2,24,25)(H2,26,28,30). The van der Waals surface area contributed by atoms with E-state index in [1.54, 1.807) is 0 Å². The summed E-state index contributed by atoms with van der Waals surface area (Å²) in [6, 6.07) is 0.208. The van der Waals surface area contributed by atoms with E-state index in [0.717, 1.165) is 60.2 Å². The fourth-order valence-corrected chi connectivity index (χ4v) is 4.45. The van der Waals surface area contributed by atoms with Gasteiger partial charge in [0.25, 0.3) is 0 Å². The van der Waals surface area contributed by atoms with Crippen molar-refractivity contribution in [3.63, 3.8) is 0 Å². The molecule has 0 atom stereocenters. The van der Waals surface area contributed by atoms with E-state index in [1.807, 2.05) is 6.92 Å². The molecular weight excluding hydrogens is 376 g/mol. The van der Waals surface area contributed by atoms with Crippen LogP contribution < -0.4 is 16.4 Å². The summed E-state index contributed by atoms with van der Waals surface area (Å²) in [5, 5.41) is 6.36. The minimum absolute atomic E-state index is 0.0829. The topological polar surface area (TPSA) is 97.9 Å². The Hall–Kier alpha value is -2.31. The smallest absolute Gasteiger partial charge is 0.315 e. The number of amides is 2. The van der Waals surface area contributed by atoms with Gasteiger partial charge in [-0.25, -0.2) is 14.8 Å². The maximum atomic E-state index is 12.7. The largest absolute Gasteiger partial charge is 0.382 e. The van der Waals surface area contributed by atoms with Crippen molar-refractivity contribution >= 4 is 22.9 Å². The Bertz CT molecular complexity index is 895. The second-order valence-corrected chi connectivity index (χ2v) is 9.44. The molecule has 1 aliphatic rings. The Balaban J connectivity index is 1.85. The van der Waals surface area contributed by atoms with Gasteiger partial charge in [0.15, 0.2) is 5.82 Å². The van der Waals surface area contributed by atoms with Gasteiger partial charge in [0, 0.05) is 24.7 Å². The molecular formula is C23H38N6O. The van der Waals surface area contributed by atoms with Crippen LogP contribution in [0.4, 0.5) is 10.6 Å². The number of nitrogens with two attached hydrogens (primary N) is 1. The highest BCUT2D eigenvalue weighted by Crippen LogP contribution is 2.28. The summed E-state index contributed by atoms with van der Waals surface area (Å²) < 4.78 is 2.24. The summed E-state index contributed by atoms with van der Waals surface area (Å²) in [6.07, 6.45) is 8.86. The molecule has 0 spiro atoms. The van der Waals surface area contributed by atoms with E-state index in [2.05, 4.69) is 47.9 Å². The van der Waals surface area contributed by atoms with E-state index >= 15 is 0 Å². The van der Waals surface area contributed by atoms with Gasteiger partial charge >= 0.3 is 6.03 Å². The molecule has 2 aromatic heterocycles. The molecule has 7 heteroatoms. The highest BCUT2D eigenvalue weighted by Gasteiger charge is 2.27. The number of hydrogen-bond donors (Lipinski definition) is 3. The number of anilines is 1. The predicted octanol–water partition coefficient (Wildman–Crippen LogP) is 4.38. The van der Waals surface area contributed by atoms with Crippen molar-refractivity contribution < 1.29 is 4.79 Å². The van der Waals surface area contributed by atoms with Crippen LogP contribution in [0.15, 0.2) is 0 Å². The third-order valence-corrected chi connectivity index (χ3v) is 6.17. The zero-order valence-corrected chi connectivity index (χ0v) is 19.3. The third kappa shape index (κ3) is 5.05. The van der Waals surface area contributed by atoms with E-state index in [-0.39, 0.29) is 6.03 Å². The van der Waals surface area contributed by atoms with Gasteiger partial charge in [-0.2, -0.15) is 0 Å². The van der Waals surface area contributed by atoms with Gasteiger partial charge < -0.3 is 20.9 Å². The average molecular weight is 415 g/mol. The Morgan fingerprint density at radius 2 is 1.90 bits per heavy atom. The fraction of sp³-hybridized carbons (Fsp3) is 0.696. The van der Waals surface area contributed by atoms with Crippen LogP contribution in [0.5, 0.6) is 0 Å². The molecule has 0 bridgehead atoms. The van der Waals surface area contributed by atoms with E-state index in [4.69, 9.17) is 10.7 Å². The lowest BCUT2D eigenvalue weighted by Crippen LogP contribution is -2.53. The first kappa shape index (κ1) is 22.4. The number of pyridine rings is 1. The van der Waals surface area contributed by atoms with Crippen LogP contribution in [0, 0.1) is 13.8 Å². The maximum Gasteiger partial charge on any atom is 0.315 e. The molecule has 0 radical (unpaired) electrons. The molecule has 0 aliphatic heterocycles. The van der Waals surface area contributed by atoms with Gasteiger partial charge in [0.1, 0.15) is 11.3 Å². The molecule has 1 aliphatic carbocycles. The minimum Gasteiger partial charge on any atom is -0.382 e. The molecule has 0 saturated heterocycles. The molecule has 7 nitrogen and oxygen atoms in total. The van der Waals surface area contributed by atoms with Crippen LogP contribution in [0.3, 0.4) is 0 Å². The zero-order chi connectivity index (χ0) is 21.9. The molecule has 166 valence electrons. The summed E-state index contributed by atoms with van der Waals surface area (Å²) in [7, 11) is 0. The van der Waals surface area contributed by atoms with Crippen LogP contribution in [-0.4, -0.2) is 32.1 Å². The predicted molar refractivity (Wildman–Crippen MR) is 123 cm³/mol. The van der Waals surface area contributed by atoms with Gasteiger partial charge in [0.05, 0.1) is 11.1 Å². The van der Waals surface area contributed by atoms with E-state index in [1.165, 1.54) is 19.3 Å². The summed E-state index contributed by atoms with van der Waals surface area (Å²) in [6.45, 7) is 11.0. The monoisotopic (exact) mass is 414 g/mol. The first-order valence-corrected chi connectivity index (χ1v) is 11.4. The van der Waals surface area contributed by atoms with Gasteiger partial charge in [-0.3, -0.25) is 0 Å². The average Bonchev–Trinajstić information content (AvgIpc) is 3.03. The quantitative estimate of drug-likeness (QED) is 0.626. The van der Waals surface area contributed by atoms with Crippen molar-refractivity contribution in [2.24, 2.45) is 0 Å². The Kier molecular flexibility index (Phi) is 6.88. The molecule has 1 fully saturated rings. The van der Waals surface area contributed by atoms with Crippen LogP contribution in [0.25, 0.3) is 11.0 Å². The molecule has 2 aromatic rings. The highest BCUT2D eigenvalue weighted by atomic mass is 16.2. The number of nitrogens with zero attached hydrogens (tertiary/aromatic N) is 3. The van der Waals surface area contributed by atoms with Crippen molar-refractivity contribution in [1.29, 1.82) is 0 Å². The highest BCUT2D eigenvalue weighted by molar-refractivity contribution is 5.88. The number of carbonyl (C=O) groups excluding carboxylic acids is 1. The molecule has 3 rings (SSSR count). The second-order valence-electron chi connectivity index (χ2n) is 9.44. The van der Waals surface area contributed by atoms with Crippen molar-refractivity contribution in [1.82, 2.24) is 25.2 Å². The number of unbranched alkanes of at least 4 members (excludes halogenated alkanes) is 1. The normalized spacial score (nSPS) is 15.5. The number of aryl methyl sites for hydroxylation is 3. The first-order valence-electron chi connectivity index (χ1n) is 11.4. The molecule has 0 unspecified atom stereocenters. The van der Waals surface area contributed by atoms with Crippen molar-refractivity contribution in [2.45, 2.75) is 104 Å². The lowest BCUT2D eigenvalue weighted by molar-refractivity contribution is 0.218. The Labute approximate surface area is 180 Å². The van der Waals surface area contributed by atoms with Gasteiger partial charge in [0.2, 0.25) is 0 Å². The minimum atomic E-state index is -0.439. The van der Waals surface area contributed by atoms with Crippen LogP contribution >= 0.6 is 0 Å². The molecule has 2 heterocycles. The number of urea groups is 1. The Morgan fingerprint density at radius 1 is 1.20 bits per heavy atom. The molecule has 1 saturated carbocycles. The third-order valence-electron chi connectivity index (χ3n) is 6.17. The lowest BCUT2D eigenvalue weighted by atomic mass is 9.95. The maximum absolute atomic E-state index is 12.7. The summed E-state index contributed by atoms with van der Waals surface area (Å²) >= 11 is 0. The number of nitrogens with one attached hydrogen (secondary N) is 2. The van der Waals surface area contributed by atoms with Crippen molar-refractivity contribution in [3.05, 3.63) is 17.1 Å². The second kappa shape index (κ2) is 9.23. The number of aromatic nitrogens is 3. The van der Waals surface area contributed by atoms with Gasteiger partial charge in [-0.05, 0) is 52.5 Å². The van der Waals surface area contributed by atoms with Gasteiger partial charge in [-0.15, -0.1) is 0 Å². The number of imidazole rings is 1. The fourth-order valence-electron chi connectivity index (χ4n) is 4.45. The lowest BCUT2D eigenvalue weighted by Gasteiger charge is -2.30. The zero-order valence-electron chi connectivity index (χ0n) is 19.3. The van der Waals surface area contributed by atoms with E-state index < -0.39 is 5.54 Å². The number of hydrogen-bond acceptors (Lipinski definition) is 4. The SMILES string of the molecule is CCCCc1nc2c(N)nc(C)c(C)c2n1CC(C)(C)NC(=O)NC1CCCCC1. The number of nitrogen functional groups attached to an aromatic ring is 1.